The van der Waals surface area contributed by atoms with Gasteiger partial charge in [-0.15, -0.1) is 0 Å². The fourth-order valence-electron chi connectivity index (χ4n) is 4.58. The standard InChI is InChI=1S/C31H36BrN3O/c1-4-6-18-35-29(30(32)33-31(35)27-15-8-7-9-16-27)23-34(21-25-13-10-12-24(3)19-25)22-26-14-11-17-28(20-26)36-5-2/h7-17,19-20H,4-6,18,21-23H2,1-3H3. The van der Waals surface area contributed by atoms with Crippen LogP contribution in [0.3, 0.4) is 0 Å². The monoisotopic (exact) mass is 545 g/mol. The van der Waals surface area contributed by atoms with Crippen LogP contribution in [0.2, 0.25) is 0 Å². The van der Waals surface area contributed by atoms with Gasteiger partial charge in [-0.25, -0.2) is 4.98 Å². The fourth-order valence-corrected chi connectivity index (χ4v) is 5.09. The van der Waals surface area contributed by atoms with Crippen LogP contribution in [0.15, 0.2) is 83.5 Å². The molecule has 0 N–H and O–H groups in total. The number of aromatic nitrogens is 2. The highest BCUT2D eigenvalue weighted by Crippen LogP contribution is 2.29. The van der Waals surface area contributed by atoms with Crippen LogP contribution < -0.4 is 4.74 Å². The molecule has 1 aromatic heterocycles. The van der Waals surface area contributed by atoms with E-state index in [1.54, 1.807) is 0 Å². The molecule has 0 saturated carbocycles. The van der Waals surface area contributed by atoms with E-state index >= 15 is 0 Å². The molecule has 0 atom stereocenters. The maximum atomic E-state index is 5.78. The molecule has 0 fully saturated rings. The first-order valence-corrected chi connectivity index (χ1v) is 13.7. The average Bonchev–Trinajstić information content (AvgIpc) is 3.18. The van der Waals surface area contributed by atoms with E-state index in [9.17, 15) is 0 Å². The summed E-state index contributed by atoms with van der Waals surface area (Å²) < 4.78 is 9.11. The molecule has 0 bridgehead atoms. The topological polar surface area (TPSA) is 30.3 Å². The lowest BCUT2D eigenvalue weighted by Gasteiger charge is -2.24. The van der Waals surface area contributed by atoms with Gasteiger partial charge in [-0.1, -0.05) is 85.6 Å². The smallest absolute Gasteiger partial charge is 0.141 e. The van der Waals surface area contributed by atoms with Crippen LogP contribution in [-0.2, 0) is 26.2 Å². The average molecular weight is 547 g/mol. The van der Waals surface area contributed by atoms with E-state index in [4.69, 9.17) is 9.72 Å². The van der Waals surface area contributed by atoms with Gasteiger partial charge in [-0.05, 0) is 59.5 Å². The summed E-state index contributed by atoms with van der Waals surface area (Å²) in [4.78, 5) is 7.49. The minimum absolute atomic E-state index is 0.669. The summed E-state index contributed by atoms with van der Waals surface area (Å²) in [5, 5.41) is 0. The summed E-state index contributed by atoms with van der Waals surface area (Å²) in [5.74, 6) is 1.95. The minimum atomic E-state index is 0.669. The van der Waals surface area contributed by atoms with Gasteiger partial charge in [0.15, 0.2) is 0 Å². The summed E-state index contributed by atoms with van der Waals surface area (Å²) in [7, 11) is 0. The summed E-state index contributed by atoms with van der Waals surface area (Å²) >= 11 is 3.82. The van der Waals surface area contributed by atoms with Crippen LogP contribution in [0.5, 0.6) is 5.75 Å². The zero-order valence-corrected chi connectivity index (χ0v) is 23.2. The number of ether oxygens (including phenoxy) is 1. The number of benzene rings is 3. The molecule has 4 aromatic rings. The van der Waals surface area contributed by atoms with Crippen molar-refractivity contribution in [1.82, 2.24) is 14.5 Å². The Kier molecular flexibility index (Phi) is 9.37. The lowest BCUT2D eigenvalue weighted by atomic mass is 10.1. The molecule has 0 aliphatic rings. The van der Waals surface area contributed by atoms with E-state index in [0.29, 0.717) is 6.61 Å². The third-order valence-corrected chi connectivity index (χ3v) is 6.90. The lowest BCUT2D eigenvalue weighted by molar-refractivity contribution is 0.240. The first-order valence-electron chi connectivity index (χ1n) is 12.9. The SMILES string of the molecule is CCCCn1c(-c2ccccc2)nc(Br)c1CN(Cc1cccc(C)c1)Cc1cccc(OCC)c1. The minimum Gasteiger partial charge on any atom is -0.494 e. The van der Waals surface area contributed by atoms with E-state index in [1.165, 1.54) is 22.4 Å². The quantitative estimate of drug-likeness (QED) is 0.180. The number of nitrogens with zero attached hydrogens (tertiary/aromatic N) is 3. The molecule has 0 saturated heterocycles. The Bertz CT molecular complexity index is 1250. The lowest BCUT2D eigenvalue weighted by Crippen LogP contribution is -2.24. The summed E-state index contributed by atoms with van der Waals surface area (Å²) in [6, 6.07) is 27.8. The molecular weight excluding hydrogens is 510 g/mol. The first kappa shape index (κ1) is 26.2. The number of imidazole rings is 1. The zero-order valence-electron chi connectivity index (χ0n) is 21.6. The van der Waals surface area contributed by atoms with Gasteiger partial charge in [0.1, 0.15) is 16.2 Å². The van der Waals surface area contributed by atoms with E-state index in [0.717, 1.165) is 60.8 Å². The molecule has 36 heavy (non-hydrogen) atoms. The van der Waals surface area contributed by atoms with Crippen molar-refractivity contribution < 1.29 is 4.74 Å². The van der Waals surface area contributed by atoms with Crippen LogP contribution in [-0.4, -0.2) is 21.1 Å². The Morgan fingerprint density at radius 1 is 0.861 bits per heavy atom. The first-order chi connectivity index (χ1) is 17.6. The second kappa shape index (κ2) is 12.9. The number of halogens is 1. The van der Waals surface area contributed by atoms with Gasteiger partial charge >= 0.3 is 0 Å². The molecule has 0 aliphatic heterocycles. The van der Waals surface area contributed by atoms with Crippen LogP contribution in [0.25, 0.3) is 11.4 Å². The summed E-state index contributed by atoms with van der Waals surface area (Å²) in [6.45, 7) is 10.5. The van der Waals surface area contributed by atoms with Gasteiger partial charge in [0.05, 0.1) is 12.3 Å². The highest BCUT2D eigenvalue weighted by molar-refractivity contribution is 9.10. The molecule has 0 radical (unpaired) electrons. The molecule has 3 aromatic carbocycles. The van der Waals surface area contributed by atoms with Crippen molar-refractivity contribution in [3.8, 4) is 17.1 Å². The fraction of sp³-hybridized carbons (Fsp3) is 0.323. The zero-order chi connectivity index (χ0) is 25.3. The van der Waals surface area contributed by atoms with Gasteiger partial charge in [0.2, 0.25) is 0 Å². The predicted octanol–water partition coefficient (Wildman–Crippen LogP) is 8.02. The molecule has 188 valence electrons. The molecule has 0 spiro atoms. The molecule has 1 heterocycles. The molecule has 4 rings (SSSR count). The van der Waals surface area contributed by atoms with Crippen LogP contribution in [0.4, 0.5) is 0 Å². The van der Waals surface area contributed by atoms with Crippen molar-refractivity contribution in [3.63, 3.8) is 0 Å². The normalized spacial score (nSPS) is 11.2. The second-order valence-electron chi connectivity index (χ2n) is 9.26. The van der Waals surface area contributed by atoms with Crippen molar-refractivity contribution in [3.05, 3.63) is 106 Å². The van der Waals surface area contributed by atoms with Gasteiger partial charge in [-0.3, -0.25) is 4.90 Å². The summed E-state index contributed by atoms with van der Waals surface area (Å²) in [5.41, 5.74) is 6.21. The van der Waals surface area contributed by atoms with E-state index in [2.05, 4.69) is 112 Å². The Hall–Kier alpha value is -2.89. The van der Waals surface area contributed by atoms with Crippen molar-refractivity contribution in [2.24, 2.45) is 0 Å². The van der Waals surface area contributed by atoms with Gasteiger partial charge in [0, 0.05) is 31.7 Å². The van der Waals surface area contributed by atoms with Gasteiger partial charge in [0.25, 0.3) is 0 Å². The maximum absolute atomic E-state index is 5.78. The Morgan fingerprint density at radius 2 is 1.58 bits per heavy atom. The number of aryl methyl sites for hydroxylation is 1. The highest BCUT2D eigenvalue weighted by Gasteiger charge is 2.20. The van der Waals surface area contributed by atoms with Crippen molar-refractivity contribution >= 4 is 15.9 Å². The van der Waals surface area contributed by atoms with Crippen molar-refractivity contribution in [1.29, 1.82) is 0 Å². The molecular formula is C31H36BrN3O. The molecule has 4 nitrogen and oxygen atoms in total. The van der Waals surface area contributed by atoms with Crippen molar-refractivity contribution in [2.45, 2.75) is 59.8 Å². The third-order valence-electron chi connectivity index (χ3n) is 6.27. The Labute approximate surface area is 224 Å². The number of unbranched alkanes of at least 4 members (excludes halogenated alkanes) is 1. The molecule has 0 amide bonds. The van der Waals surface area contributed by atoms with Crippen molar-refractivity contribution in [2.75, 3.05) is 6.61 Å². The van der Waals surface area contributed by atoms with Crippen LogP contribution >= 0.6 is 15.9 Å². The third kappa shape index (κ3) is 6.86. The summed E-state index contributed by atoms with van der Waals surface area (Å²) in [6.07, 6.45) is 2.25. The van der Waals surface area contributed by atoms with Gasteiger partial charge in [-0.2, -0.15) is 0 Å². The van der Waals surface area contributed by atoms with E-state index < -0.39 is 0 Å². The number of hydrogen-bond donors (Lipinski definition) is 0. The van der Waals surface area contributed by atoms with Crippen LogP contribution in [0.1, 0.15) is 49.1 Å². The number of hydrogen-bond acceptors (Lipinski definition) is 3. The van der Waals surface area contributed by atoms with Gasteiger partial charge < -0.3 is 9.30 Å². The largest absolute Gasteiger partial charge is 0.494 e. The highest BCUT2D eigenvalue weighted by atomic mass is 79.9. The molecule has 0 aliphatic carbocycles. The van der Waals surface area contributed by atoms with Crippen LogP contribution in [0, 0.1) is 6.92 Å². The second-order valence-corrected chi connectivity index (χ2v) is 10.0. The number of rotatable bonds is 12. The van der Waals surface area contributed by atoms with E-state index in [1.807, 2.05) is 13.0 Å². The Balaban J connectivity index is 1.69. The maximum Gasteiger partial charge on any atom is 0.141 e. The Morgan fingerprint density at radius 3 is 2.28 bits per heavy atom. The molecule has 0 unspecified atom stereocenters. The molecule has 5 heteroatoms. The van der Waals surface area contributed by atoms with E-state index in [-0.39, 0.29) is 0 Å². The predicted molar refractivity (Wildman–Crippen MR) is 152 cm³/mol.